The van der Waals surface area contributed by atoms with Gasteiger partial charge in [0.2, 0.25) is 5.76 Å². The fourth-order valence-electron chi connectivity index (χ4n) is 5.18. The molecule has 1 aromatic heterocycles. The quantitative estimate of drug-likeness (QED) is 0.567. The van der Waals surface area contributed by atoms with Gasteiger partial charge in [-0.05, 0) is 61.7 Å². The van der Waals surface area contributed by atoms with Crippen LogP contribution in [-0.2, 0) is 4.74 Å². The van der Waals surface area contributed by atoms with Crippen molar-refractivity contribution in [1.29, 1.82) is 0 Å². The van der Waals surface area contributed by atoms with Crippen molar-refractivity contribution < 1.29 is 23.6 Å². The summed E-state index contributed by atoms with van der Waals surface area (Å²) in [6, 6.07) is 10.9. The number of fused-ring (bicyclic) bond motifs is 2. The van der Waals surface area contributed by atoms with Crippen LogP contribution >= 0.6 is 0 Å². The third kappa shape index (κ3) is 4.46. The van der Waals surface area contributed by atoms with Crippen LogP contribution in [0.25, 0.3) is 11.0 Å². The molecular formula is C28H33N2O5+. The molecule has 1 saturated heterocycles. The van der Waals surface area contributed by atoms with Gasteiger partial charge in [-0.25, -0.2) is 0 Å². The summed E-state index contributed by atoms with van der Waals surface area (Å²) in [4.78, 5) is 30.7. The summed E-state index contributed by atoms with van der Waals surface area (Å²) in [6.07, 6.45) is 0.842. The van der Waals surface area contributed by atoms with Crippen molar-refractivity contribution in [3.8, 4) is 5.75 Å². The zero-order valence-electron chi connectivity index (χ0n) is 20.7. The van der Waals surface area contributed by atoms with E-state index in [1.54, 1.807) is 0 Å². The summed E-state index contributed by atoms with van der Waals surface area (Å²) in [5.74, 6) is 0.719. The highest BCUT2D eigenvalue weighted by atomic mass is 16.5. The van der Waals surface area contributed by atoms with Crippen LogP contribution in [-0.4, -0.2) is 56.8 Å². The van der Waals surface area contributed by atoms with E-state index in [4.69, 9.17) is 13.9 Å². The Kier molecular flexibility index (Phi) is 6.62. The first-order valence-corrected chi connectivity index (χ1v) is 12.5. The van der Waals surface area contributed by atoms with Crippen molar-refractivity contribution >= 4 is 16.9 Å². The Morgan fingerprint density at radius 3 is 2.49 bits per heavy atom. The van der Waals surface area contributed by atoms with E-state index in [2.05, 4.69) is 0 Å². The van der Waals surface area contributed by atoms with Gasteiger partial charge in [-0.15, -0.1) is 0 Å². The predicted octanol–water partition coefficient (Wildman–Crippen LogP) is 2.66. The minimum atomic E-state index is -0.477. The highest BCUT2D eigenvalue weighted by Gasteiger charge is 2.42. The monoisotopic (exact) mass is 477 g/mol. The van der Waals surface area contributed by atoms with Gasteiger partial charge in [-0.3, -0.25) is 9.59 Å². The average Bonchev–Trinajstić information content (AvgIpc) is 3.14. The molecule has 0 aliphatic carbocycles. The number of morpholine rings is 1. The topological polar surface area (TPSA) is 73.4 Å². The van der Waals surface area contributed by atoms with Gasteiger partial charge in [0.25, 0.3) is 5.91 Å². The fraction of sp³-hybridized carbons (Fsp3) is 0.429. The van der Waals surface area contributed by atoms with Crippen molar-refractivity contribution in [2.75, 3.05) is 46.0 Å². The average molecular weight is 478 g/mol. The third-order valence-electron chi connectivity index (χ3n) is 7.22. The Bertz CT molecular complexity index is 1290. The van der Waals surface area contributed by atoms with Crippen molar-refractivity contribution in [3.63, 3.8) is 0 Å². The van der Waals surface area contributed by atoms with Gasteiger partial charge in [0.15, 0.2) is 5.43 Å². The van der Waals surface area contributed by atoms with Crippen LogP contribution in [0.5, 0.6) is 5.75 Å². The Balaban J connectivity index is 1.54. The van der Waals surface area contributed by atoms with Gasteiger partial charge in [-0.2, -0.15) is 0 Å². The number of rotatable bonds is 7. The van der Waals surface area contributed by atoms with E-state index in [-0.39, 0.29) is 17.1 Å². The van der Waals surface area contributed by atoms with E-state index in [0.717, 1.165) is 61.7 Å². The molecule has 1 N–H and O–H groups in total. The van der Waals surface area contributed by atoms with Crippen LogP contribution < -0.4 is 15.1 Å². The molecule has 5 rings (SSSR count). The minimum absolute atomic E-state index is 0.127. The van der Waals surface area contributed by atoms with Gasteiger partial charge >= 0.3 is 0 Å². The first-order valence-electron chi connectivity index (χ1n) is 12.5. The number of nitrogens with one attached hydrogen (secondary N) is 1. The number of hydrogen-bond donors (Lipinski definition) is 1. The highest BCUT2D eigenvalue weighted by Crippen LogP contribution is 2.38. The number of carbonyl (C=O) groups is 1. The smallest absolute Gasteiger partial charge is 0.290 e. The maximum Gasteiger partial charge on any atom is 0.290 e. The summed E-state index contributed by atoms with van der Waals surface area (Å²) in [5, 5.41) is 0.523. The van der Waals surface area contributed by atoms with Crippen LogP contribution in [0, 0.1) is 13.8 Å². The summed E-state index contributed by atoms with van der Waals surface area (Å²) in [6.45, 7) is 11.5. The number of amides is 1. The zero-order chi connectivity index (χ0) is 24.5. The lowest BCUT2D eigenvalue weighted by molar-refractivity contribution is -0.908. The lowest BCUT2D eigenvalue weighted by Gasteiger charge is -2.27. The van der Waals surface area contributed by atoms with Crippen molar-refractivity contribution in [2.24, 2.45) is 0 Å². The summed E-state index contributed by atoms with van der Waals surface area (Å²) in [7, 11) is 0. The number of benzene rings is 2. The number of nitrogens with zero attached hydrogens (tertiary/aromatic N) is 1. The summed E-state index contributed by atoms with van der Waals surface area (Å²) < 4.78 is 17.2. The number of hydrogen-bond acceptors (Lipinski definition) is 5. The lowest BCUT2D eigenvalue weighted by atomic mass is 9.97. The standard InChI is InChI=1S/C28H32N2O5/c1-4-34-21-8-6-20(7-9-21)25-24-26(31)22-16-18(2)19(3)17-23(22)35-27(24)28(32)30(25)11-5-10-29-12-14-33-15-13-29/h6-9,16-17,25H,4-5,10-15H2,1-3H3/p+1/t25-/m0/s1. The van der Waals surface area contributed by atoms with Crippen LogP contribution in [0.15, 0.2) is 45.6 Å². The molecule has 0 spiro atoms. The molecule has 0 bridgehead atoms. The van der Waals surface area contributed by atoms with Gasteiger partial charge in [0.05, 0.1) is 43.4 Å². The molecule has 1 amide bonds. The molecule has 0 unspecified atom stereocenters. The Morgan fingerprint density at radius 1 is 1.06 bits per heavy atom. The molecule has 3 aromatic rings. The van der Waals surface area contributed by atoms with Crippen LogP contribution in [0.4, 0.5) is 0 Å². The number of ether oxygens (including phenoxy) is 2. The van der Waals surface area contributed by atoms with E-state index in [1.807, 2.05) is 62.1 Å². The van der Waals surface area contributed by atoms with Crippen molar-refractivity contribution in [3.05, 3.63) is 74.6 Å². The summed E-state index contributed by atoms with van der Waals surface area (Å²) >= 11 is 0. The number of carbonyl (C=O) groups excluding carboxylic acids is 1. The maximum atomic E-state index is 13.8. The minimum Gasteiger partial charge on any atom is -0.494 e. The molecule has 1 fully saturated rings. The number of quaternary nitrogens is 1. The highest BCUT2D eigenvalue weighted by molar-refractivity contribution is 5.99. The molecule has 0 radical (unpaired) electrons. The second kappa shape index (κ2) is 9.84. The Labute approximate surface area is 205 Å². The van der Waals surface area contributed by atoms with E-state index >= 15 is 0 Å². The summed E-state index contributed by atoms with van der Waals surface area (Å²) in [5.41, 5.74) is 3.72. The Morgan fingerprint density at radius 2 is 1.77 bits per heavy atom. The molecule has 7 heteroatoms. The maximum absolute atomic E-state index is 13.8. The lowest BCUT2D eigenvalue weighted by Crippen LogP contribution is -3.14. The zero-order valence-corrected chi connectivity index (χ0v) is 20.7. The molecule has 35 heavy (non-hydrogen) atoms. The molecule has 2 aliphatic rings. The molecule has 1 atom stereocenters. The van der Waals surface area contributed by atoms with Gasteiger partial charge in [0.1, 0.15) is 24.4 Å². The van der Waals surface area contributed by atoms with Crippen molar-refractivity contribution in [1.82, 2.24) is 4.90 Å². The normalized spacial score (nSPS) is 18.3. The molecule has 3 heterocycles. The first-order chi connectivity index (χ1) is 17.0. The van der Waals surface area contributed by atoms with Gasteiger partial charge in [-0.1, -0.05) is 12.1 Å². The fourth-order valence-corrected chi connectivity index (χ4v) is 5.18. The van der Waals surface area contributed by atoms with Crippen LogP contribution in [0.3, 0.4) is 0 Å². The third-order valence-corrected chi connectivity index (χ3v) is 7.22. The largest absolute Gasteiger partial charge is 0.494 e. The molecule has 184 valence electrons. The molecule has 2 aliphatic heterocycles. The first kappa shape index (κ1) is 23.6. The second-order valence-corrected chi connectivity index (χ2v) is 9.48. The van der Waals surface area contributed by atoms with Gasteiger partial charge < -0.3 is 23.7 Å². The number of aryl methyl sites for hydroxylation is 2. The molecule has 7 nitrogen and oxygen atoms in total. The van der Waals surface area contributed by atoms with E-state index < -0.39 is 6.04 Å². The van der Waals surface area contributed by atoms with Crippen LogP contribution in [0.1, 0.15) is 52.2 Å². The molecule has 2 aromatic carbocycles. The van der Waals surface area contributed by atoms with E-state index in [1.165, 1.54) is 4.90 Å². The van der Waals surface area contributed by atoms with E-state index in [9.17, 15) is 9.59 Å². The predicted molar refractivity (Wildman–Crippen MR) is 133 cm³/mol. The SMILES string of the molecule is CCOc1ccc([C@H]2c3c(oc4cc(C)c(C)cc4c3=O)C(=O)N2CCC[NH+]2CCOCC2)cc1. The Hall–Kier alpha value is -3.16. The molecular weight excluding hydrogens is 444 g/mol. The molecule has 0 saturated carbocycles. The van der Waals surface area contributed by atoms with Gasteiger partial charge in [0, 0.05) is 13.0 Å². The second-order valence-electron chi connectivity index (χ2n) is 9.48. The van der Waals surface area contributed by atoms with Crippen LogP contribution in [0.2, 0.25) is 0 Å². The van der Waals surface area contributed by atoms with Crippen molar-refractivity contribution in [2.45, 2.75) is 33.2 Å². The van der Waals surface area contributed by atoms with E-state index in [0.29, 0.717) is 29.7 Å².